The Kier molecular flexibility index (Phi) is 3.90. The number of methoxy groups -OCH3 is 1. The van der Waals surface area contributed by atoms with E-state index >= 15 is 0 Å². The standard InChI is InChI=1S/C15H19NO3/c1-15(2,3)12-9-11(14-16-7-8-18-14)5-6-13(12)19-10-17-4/h5-9H,10H2,1-4H3. The smallest absolute Gasteiger partial charge is 0.225 e. The van der Waals surface area contributed by atoms with Crippen LogP contribution in [0.1, 0.15) is 26.3 Å². The summed E-state index contributed by atoms with van der Waals surface area (Å²) in [6, 6.07) is 5.92. The van der Waals surface area contributed by atoms with Crippen LogP contribution in [0.5, 0.6) is 5.75 Å². The van der Waals surface area contributed by atoms with Gasteiger partial charge in [-0.1, -0.05) is 20.8 Å². The van der Waals surface area contributed by atoms with Crippen molar-refractivity contribution in [3.05, 3.63) is 36.2 Å². The van der Waals surface area contributed by atoms with Crippen LogP contribution in [0.4, 0.5) is 0 Å². The maximum atomic E-state index is 5.61. The van der Waals surface area contributed by atoms with Crippen molar-refractivity contribution in [2.24, 2.45) is 0 Å². The first-order valence-corrected chi connectivity index (χ1v) is 6.18. The molecule has 0 fully saturated rings. The molecule has 2 rings (SSSR count). The molecule has 0 spiro atoms. The Balaban J connectivity index is 2.42. The van der Waals surface area contributed by atoms with Gasteiger partial charge in [0, 0.05) is 18.2 Å². The van der Waals surface area contributed by atoms with Crippen molar-refractivity contribution in [2.45, 2.75) is 26.2 Å². The van der Waals surface area contributed by atoms with Gasteiger partial charge in [0.25, 0.3) is 0 Å². The molecule has 4 nitrogen and oxygen atoms in total. The molecule has 0 saturated heterocycles. The first-order chi connectivity index (χ1) is 9.02. The molecule has 0 aliphatic rings. The van der Waals surface area contributed by atoms with E-state index in [-0.39, 0.29) is 12.2 Å². The number of benzene rings is 1. The van der Waals surface area contributed by atoms with Crippen molar-refractivity contribution >= 4 is 0 Å². The summed E-state index contributed by atoms with van der Waals surface area (Å²) in [4.78, 5) is 4.17. The van der Waals surface area contributed by atoms with Gasteiger partial charge in [0.2, 0.25) is 5.89 Å². The number of rotatable bonds is 4. The molecule has 2 aromatic rings. The zero-order chi connectivity index (χ0) is 13.9. The second kappa shape index (κ2) is 5.45. The van der Waals surface area contributed by atoms with Crippen LogP contribution < -0.4 is 4.74 Å². The largest absolute Gasteiger partial charge is 0.467 e. The SMILES string of the molecule is COCOc1ccc(-c2ncco2)cc1C(C)(C)C. The van der Waals surface area contributed by atoms with Gasteiger partial charge in [0.15, 0.2) is 6.79 Å². The van der Waals surface area contributed by atoms with Crippen molar-refractivity contribution in [1.82, 2.24) is 4.98 Å². The van der Waals surface area contributed by atoms with Crippen LogP contribution in [-0.2, 0) is 10.2 Å². The van der Waals surface area contributed by atoms with E-state index in [0.717, 1.165) is 16.9 Å². The van der Waals surface area contributed by atoms with Crippen molar-refractivity contribution < 1.29 is 13.9 Å². The summed E-state index contributed by atoms with van der Waals surface area (Å²) < 4.78 is 15.9. The van der Waals surface area contributed by atoms with E-state index in [9.17, 15) is 0 Å². The minimum Gasteiger partial charge on any atom is -0.467 e. The van der Waals surface area contributed by atoms with Crippen molar-refractivity contribution in [3.63, 3.8) is 0 Å². The van der Waals surface area contributed by atoms with Crippen molar-refractivity contribution in [1.29, 1.82) is 0 Å². The van der Waals surface area contributed by atoms with Gasteiger partial charge in [-0.15, -0.1) is 0 Å². The Morgan fingerprint density at radius 3 is 2.63 bits per heavy atom. The molecule has 1 aromatic carbocycles. The first kappa shape index (κ1) is 13.6. The molecule has 1 aromatic heterocycles. The molecular weight excluding hydrogens is 242 g/mol. The number of oxazole rings is 1. The van der Waals surface area contributed by atoms with Gasteiger partial charge in [0.1, 0.15) is 12.0 Å². The van der Waals surface area contributed by atoms with Crippen LogP contribution in [0.3, 0.4) is 0 Å². The maximum absolute atomic E-state index is 5.61. The predicted octanol–water partition coefficient (Wildman–Crippen LogP) is 3.62. The van der Waals surface area contributed by atoms with Gasteiger partial charge in [-0.2, -0.15) is 0 Å². The molecule has 0 atom stereocenters. The van der Waals surface area contributed by atoms with Crippen LogP contribution in [0.15, 0.2) is 35.1 Å². The fraction of sp³-hybridized carbons (Fsp3) is 0.400. The lowest BCUT2D eigenvalue weighted by atomic mass is 9.85. The van der Waals surface area contributed by atoms with Crippen LogP contribution >= 0.6 is 0 Å². The minimum atomic E-state index is -0.0360. The second-order valence-corrected chi connectivity index (χ2v) is 5.35. The maximum Gasteiger partial charge on any atom is 0.225 e. The minimum absolute atomic E-state index is 0.0360. The lowest BCUT2D eigenvalue weighted by Gasteiger charge is -2.23. The van der Waals surface area contributed by atoms with E-state index in [2.05, 4.69) is 31.8 Å². The highest BCUT2D eigenvalue weighted by atomic mass is 16.7. The number of hydrogen-bond acceptors (Lipinski definition) is 4. The Labute approximate surface area is 113 Å². The molecule has 102 valence electrons. The van der Waals surface area contributed by atoms with Gasteiger partial charge in [-0.25, -0.2) is 4.98 Å². The molecule has 4 heteroatoms. The highest BCUT2D eigenvalue weighted by Crippen LogP contribution is 2.34. The van der Waals surface area contributed by atoms with Gasteiger partial charge < -0.3 is 13.9 Å². The molecule has 0 bridgehead atoms. The zero-order valence-electron chi connectivity index (χ0n) is 11.8. The summed E-state index contributed by atoms with van der Waals surface area (Å²) in [7, 11) is 1.61. The normalized spacial score (nSPS) is 11.6. The second-order valence-electron chi connectivity index (χ2n) is 5.35. The van der Waals surface area contributed by atoms with Gasteiger partial charge in [-0.3, -0.25) is 0 Å². The highest BCUT2D eigenvalue weighted by molar-refractivity contribution is 5.58. The Morgan fingerprint density at radius 2 is 2.05 bits per heavy atom. The third-order valence-corrected chi connectivity index (χ3v) is 2.80. The molecule has 0 amide bonds. The molecule has 1 heterocycles. The molecule has 19 heavy (non-hydrogen) atoms. The average Bonchev–Trinajstić information content (AvgIpc) is 2.89. The molecule has 0 aliphatic heterocycles. The fourth-order valence-electron chi connectivity index (χ4n) is 1.86. The summed E-state index contributed by atoms with van der Waals surface area (Å²) in [5.74, 6) is 1.44. The molecule has 0 unspecified atom stereocenters. The Hall–Kier alpha value is -1.81. The quantitative estimate of drug-likeness (QED) is 0.788. The molecular formula is C15H19NO3. The van der Waals surface area contributed by atoms with E-state index in [0.29, 0.717) is 5.89 Å². The predicted molar refractivity (Wildman–Crippen MR) is 73.1 cm³/mol. The monoisotopic (exact) mass is 261 g/mol. The fourth-order valence-corrected chi connectivity index (χ4v) is 1.86. The number of ether oxygens (including phenoxy) is 2. The van der Waals surface area contributed by atoms with Crippen molar-refractivity contribution in [2.75, 3.05) is 13.9 Å². The van der Waals surface area contributed by atoms with E-state index in [1.807, 2.05) is 12.1 Å². The van der Waals surface area contributed by atoms with E-state index < -0.39 is 0 Å². The van der Waals surface area contributed by atoms with Crippen molar-refractivity contribution in [3.8, 4) is 17.2 Å². The van der Waals surface area contributed by atoms with E-state index in [4.69, 9.17) is 13.9 Å². The van der Waals surface area contributed by atoms with Crippen LogP contribution in [0.2, 0.25) is 0 Å². The van der Waals surface area contributed by atoms with Gasteiger partial charge >= 0.3 is 0 Å². The first-order valence-electron chi connectivity index (χ1n) is 6.18. The Bertz CT molecular complexity index is 527. The average molecular weight is 261 g/mol. The topological polar surface area (TPSA) is 44.5 Å². The van der Waals surface area contributed by atoms with Gasteiger partial charge in [0.05, 0.1) is 6.20 Å². The van der Waals surface area contributed by atoms with E-state index in [1.54, 1.807) is 19.6 Å². The summed E-state index contributed by atoms with van der Waals surface area (Å²) in [6.07, 6.45) is 3.21. The summed E-state index contributed by atoms with van der Waals surface area (Å²) in [5, 5.41) is 0. The molecule has 0 saturated carbocycles. The Morgan fingerprint density at radius 1 is 1.26 bits per heavy atom. The lowest BCUT2D eigenvalue weighted by Crippen LogP contribution is -2.14. The highest BCUT2D eigenvalue weighted by Gasteiger charge is 2.20. The van der Waals surface area contributed by atoms with Crippen LogP contribution in [0.25, 0.3) is 11.5 Å². The summed E-state index contributed by atoms with van der Waals surface area (Å²) in [5.41, 5.74) is 2.01. The summed E-state index contributed by atoms with van der Waals surface area (Å²) in [6.45, 7) is 6.66. The molecule has 0 radical (unpaired) electrons. The zero-order valence-corrected chi connectivity index (χ0v) is 11.8. The molecule has 0 N–H and O–H groups in total. The van der Waals surface area contributed by atoms with Crippen LogP contribution in [-0.4, -0.2) is 18.9 Å². The lowest BCUT2D eigenvalue weighted by molar-refractivity contribution is 0.0498. The van der Waals surface area contributed by atoms with E-state index in [1.165, 1.54) is 0 Å². The summed E-state index contributed by atoms with van der Waals surface area (Å²) >= 11 is 0. The van der Waals surface area contributed by atoms with Gasteiger partial charge in [-0.05, 0) is 23.6 Å². The third-order valence-electron chi connectivity index (χ3n) is 2.80. The van der Waals surface area contributed by atoms with Crippen LogP contribution in [0, 0.1) is 0 Å². The molecule has 0 aliphatic carbocycles. The number of aromatic nitrogens is 1. The number of hydrogen-bond donors (Lipinski definition) is 0. The third kappa shape index (κ3) is 3.15. The number of nitrogens with zero attached hydrogens (tertiary/aromatic N) is 1.